The third-order valence-corrected chi connectivity index (χ3v) is 2.71. The molecule has 0 atom stereocenters. The molecule has 2 rings (SSSR count). The van der Waals surface area contributed by atoms with E-state index in [1.807, 2.05) is 24.3 Å². The van der Waals surface area contributed by atoms with Crippen molar-refractivity contribution in [3.05, 3.63) is 46.7 Å². The van der Waals surface area contributed by atoms with Crippen LogP contribution in [0.4, 0.5) is 0 Å². The van der Waals surface area contributed by atoms with E-state index in [0.717, 1.165) is 10.2 Å². The average Bonchev–Trinajstić information content (AvgIpc) is 2.85. The summed E-state index contributed by atoms with van der Waals surface area (Å²) in [6.45, 7) is -0.456. The number of carbonyl (C=O) groups is 2. The molecule has 0 spiro atoms. The minimum atomic E-state index is -0.709. The smallest absolute Gasteiger partial charge is 0.359 e. The number of amides is 1. The second kappa shape index (κ2) is 5.66. The number of primary amides is 1. The zero-order chi connectivity index (χ0) is 13.8. The minimum absolute atomic E-state index is 0.112. The van der Waals surface area contributed by atoms with E-state index in [2.05, 4.69) is 25.8 Å². The van der Waals surface area contributed by atoms with Crippen molar-refractivity contribution < 1.29 is 14.3 Å². The van der Waals surface area contributed by atoms with Gasteiger partial charge in [-0.2, -0.15) is 5.10 Å². The number of esters is 1. The number of hydrogen-bond donors (Lipinski definition) is 1. The van der Waals surface area contributed by atoms with Gasteiger partial charge in [0.15, 0.2) is 12.3 Å². The standard InChI is InChI=1S/C12H10BrN3O3/c13-8-2-1-3-9(6-8)16-5-4-10(15-16)12(18)19-7-11(14)17/h1-6H,7H2,(H2,14,17). The van der Waals surface area contributed by atoms with Gasteiger partial charge in [0.1, 0.15) is 0 Å². The van der Waals surface area contributed by atoms with Crippen LogP contribution in [-0.4, -0.2) is 28.3 Å². The fourth-order valence-electron chi connectivity index (χ4n) is 1.41. The number of rotatable bonds is 4. The maximum absolute atomic E-state index is 11.5. The minimum Gasteiger partial charge on any atom is -0.451 e. The normalized spacial score (nSPS) is 10.2. The summed E-state index contributed by atoms with van der Waals surface area (Å²) in [7, 11) is 0. The van der Waals surface area contributed by atoms with Crippen LogP contribution in [0.3, 0.4) is 0 Å². The summed E-state index contributed by atoms with van der Waals surface area (Å²) >= 11 is 3.35. The lowest BCUT2D eigenvalue weighted by Gasteiger charge is -2.01. The molecule has 0 aliphatic rings. The fourth-order valence-corrected chi connectivity index (χ4v) is 1.79. The quantitative estimate of drug-likeness (QED) is 0.858. The Kier molecular flexibility index (Phi) is 3.96. The Bertz CT molecular complexity index is 624. The van der Waals surface area contributed by atoms with Gasteiger partial charge in [0.25, 0.3) is 5.91 Å². The third kappa shape index (κ3) is 3.41. The molecule has 0 aliphatic carbocycles. The lowest BCUT2D eigenvalue weighted by atomic mass is 10.3. The Balaban J connectivity index is 2.15. The van der Waals surface area contributed by atoms with Crippen LogP contribution in [0.1, 0.15) is 10.5 Å². The van der Waals surface area contributed by atoms with E-state index in [1.165, 1.54) is 10.7 Å². The van der Waals surface area contributed by atoms with E-state index in [-0.39, 0.29) is 5.69 Å². The van der Waals surface area contributed by atoms with Crippen LogP contribution in [0, 0.1) is 0 Å². The van der Waals surface area contributed by atoms with Crippen molar-refractivity contribution in [2.75, 3.05) is 6.61 Å². The van der Waals surface area contributed by atoms with Crippen LogP contribution in [0.15, 0.2) is 41.0 Å². The van der Waals surface area contributed by atoms with Crippen molar-refractivity contribution in [3.63, 3.8) is 0 Å². The van der Waals surface area contributed by atoms with Crippen LogP contribution < -0.4 is 5.73 Å². The van der Waals surface area contributed by atoms with E-state index in [0.29, 0.717) is 0 Å². The predicted molar refractivity (Wildman–Crippen MR) is 70.7 cm³/mol. The zero-order valence-electron chi connectivity index (χ0n) is 9.75. The van der Waals surface area contributed by atoms with Crippen LogP contribution in [0.2, 0.25) is 0 Å². The van der Waals surface area contributed by atoms with Gasteiger partial charge in [-0.05, 0) is 24.3 Å². The number of nitrogens with zero attached hydrogens (tertiary/aromatic N) is 2. The second-order valence-electron chi connectivity index (χ2n) is 3.67. The van der Waals surface area contributed by atoms with Crippen LogP contribution in [0.25, 0.3) is 5.69 Å². The first-order chi connectivity index (χ1) is 9.06. The first-order valence-electron chi connectivity index (χ1n) is 5.33. The summed E-state index contributed by atoms with van der Waals surface area (Å²) in [4.78, 5) is 22.1. The number of aromatic nitrogens is 2. The van der Waals surface area contributed by atoms with Gasteiger partial charge in [0.05, 0.1) is 5.69 Å². The molecule has 0 bridgehead atoms. The van der Waals surface area contributed by atoms with Crippen molar-refractivity contribution in [1.29, 1.82) is 0 Å². The first-order valence-corrected chi connectivity index (χ1v) is 6.12. The molecule has 7 heteroatoms. The van der Waals surface area contributed by atoms with Gasteiger partial charge in [-0.25, -0.2) is 9.48 Å². The second-order valence-corrected chi connectivity index (χ2v) is 4.58. The number of benzene rings is 1. The van der Waals surface area contributed by atoms with Gasteiger partial charge in [-0.3, -0.25) is 4.79 Å². The van der Waals surface area contributed by atoms with Gasteiger partial charge in [-0.15, -0.1) is 0 Å². The summed E-state index contributed by atoms with van der Waals surface area (Å²) in [5.74, 6) is -1.40. The highest BCUT2D eigenvalue weighted by Crippen LogP contribution is 2.15. The van der Waals surface area contributed by atoms with Crippen LogP contribution in [0.5, 0.6) is 0 Å². The van der Waals surface area contributed by atoms with E-state index < -0.39 is 18.5 Å². The molecule has 0 fully saturated rings. The largest absolute Gasteiger partial charge is 0.451 e. The molecule has 0 saturated carbocycles. The van der Waals surface area contributed by atoms with Crippen molar-refractivity contribution >= 4 is 27.8 Å². The Morgan fingerprint density at radius 1 is 1.37 bits per heavy atom. The Labute approximate surface area is 117 Å². The third-order valence-electron chi connectivity index (χ3n) is 2.22. The molecule has 1 aromatic heterocycles. The number of carbonyl (C=O) groups excluding carboxylic acids is 2. The Morgan fingerprint density at radius 3 is 2.84 bits per heavy atom. The van der Waals surface area contributed by atoms with E-state index >= 15 is 0 Å². The molecule has 1 heterocycles. The topological polar surface area (TPSA) is 87.2 Å². The van der Waals surface area contributed by atoms with Crippen molar-refractivity contribution in [1.82, 2.24) is 9.78 Å². The molecular weight excluding hydrogens is 314 g/mol. The molecule has 0 saturated heterocycles. The Morgan fingerprint density at radius 2 is 2.16 bits per heavy atom. The van der Waals surface area contributed by atoms with E-state index in [9.17, 15) is 9.59 Å². The molecule has 19 heavy (non-hydrogen) atoms. The molecule has 1 amide bonds. The van der Waals surface area contributed by atoms with E-state index in [4.69, 9.17) is 5.73 Å². The summed E-state index contributed by atoms with van der Waals surface area (Å²) in [6, 6.07) is 8.94. The lowest BCUT2D eigenvalue weighted by molar-refractivity contribution is -0.121. The SMILES string of the molecule is NC(=O)COC(=O)c1ccn(-c2cccc(Br)c2)n1. The van der Waals surface area contributed by atoms with Crippen LogP contribution >= 0.6 is 15.9 Å². The molecule has 1 aromatic carbocycles. The maximum atomic E-state index is 11.5. The van der Waals surface area contributed by atoms with E-state index in [1.54, 1.807) is 6.20 Å². The van der Waals surface area contributed by atoms with Crippen LogP contribution in [-0.2, 0) is 9.53 Å². The van der Waals surface area contributed by atoms with Gasteiger partial charge < -0.3 is 10.5 Å². The first kappa shape index (κ1) is 13.3. The highest BCUT2D eigenvalue weighted by Gasteiger charge is 2.12. The lowest BCUT2D eigenvalue weighted by Crippen LogP contribution is -2.21. The van der Waals surface area contributed by atoms with Gasteiger partial charge in [0, 0.05) is 10.7 Å². The molecule has 0 aliphatic heterocycles. The molecule has 2 aromatic rings. The van der Waals surface area contributed by atoms with Crippen molar-refractivity contribution in [2.45, 2.75) is 0 Å². The molecule has 6 nitrogen and oxygen atoms in total. The fraction of sp³-hybridized carbons (Fsp3) is 0.0833. The molecule has 98 valence electrons. The summed E-state index contributed by atoms with van der Waals surface area (Å²) in [5.41, 5.74) is 5.79. The van der Waals surface area contributed by atoms with Gasteiger partial charge >= 0.3 is 5.97 Å². The number of hydrogen-bond acceptors (Lipinski definition) is 4. The highest BCUT2D eigenvalue weighted by molar-refractivity contribution is 9.10. The molecule has 0 radical (unpaired) electrons. The monoisotopic (exact) mass is 323 g/mol. The zero-order valence-corrected chi connectivity index (χ0v) is 11.3. The Hall–Kier alpha value is -2.15. The van der Waals surface area contributed by atoms with Gasteiger partial charge in [-0.1, -0.05) is 22.0 Å². The number of nitrogens with two attached hydrogens (primary N) is 1. The average molecular weight is 324 g/mol. The maximum Gasteiger partial charge on any atom is 0.359 e. The van der Waals surface area contributed by atoms with Crippen molar-refractivity contribution in [2.24, 2.45) is 5.73 Å². The number of ether oxygens (including phenoxy) is 1. The molecular formula is C12H10BrN3O3. The number of halogens is 1. The van der Waals surface area contributed by atoms with Gasteiger partial charge in [0.2, 0.25) is 0 Å². The molecule has 2 N–H and O–H groups in total. The highest BCUT2D eigenvalue weighted by atomic mass is 79.9. The predicted octanol–water partition coefficient (Wildman–Crippen LogP) is 1.28. The summed E-state index contributed by atoms with van der Waals surface area (Å²) in [5, 5.41) is 4.07. The summed E-state index contributed by atoms with van der Waals surface area (Å²) < 4.78 is 7.10. The summed E-state index contributed by atoms with van der Waals surface area (Å²) in [6.07, 6.45) is 1.63. The molecule has 0 unspecified atom stereocenters. The van der Waals surface area contributed by atoms with Crippen molar-refractivity contribution in [3.8, 4) is 5.69 Å².